The van der Waals surface area contributed by atoms with Gasteiger partial charge in [0, 0.05) is 18.8 Å². The first-order valence-corrected chi connectivity index (χ1v) is 17.3. The van der Waals surface area contributed by atoms with Crippen molar-refractivity contribution in [2.24, 2.45) is 5.10 Å². The molecule has 0 fully saturated rings. The average Bonchev–Trinajstić information content (AvgIpc) is 3.43. The van der Waals surface area contributed by atoms with E-state index in [1.54, 1.807) is 30.3 Å². The molecule has 2 aliphatic heterocycles. The predicted molar refractivity (Wildman–Crippen MR) is 191 cm³/mol. The van der Waals surface area contributed by atoms with Crippen LogP contribution in [0.3, 0.4) is 0 Å². The molecule has 1 N–H and O–H groups in total. The number of carboxylic acids is 1. The number of carboxylic acid groups (broad SMARTS) is 1. The molecule has 0 aliphatic carbocycles. The fourth-order valence-corrected chi connectivity index (χ4v) is 6.22. The lowest BCUT2D eigenvalue weighted by Gasteiger charge is -2.32. The maximum atomic E-state index is 13.5. The number of allylic oxidation sites excluding steroid dienone is 2. The summed E-state index contributed by atoms with van der Waals surface area (Å²) in [6.07, 6.45) is 15.3. The Morgan fingerprint density at radius 2 is 1.62 bits per heavy atom. The number of anilines is 2. The second-order valence-electron chi connectivity index (χ2n) is 12.3. The summed E-state index contributed by atoms with van der Waals surface area (Å²) in [6.45, 7) is 7.21. The zero-order valence-electron chi connectivity index (χ0n) is 27.8. The highest BCUT2D eigenvalue weighted by Gasteiger charge is 2.34. The van der Waals surface area contributed by atoms with Crippen molar-refractivity contribution in [3.05, 3.63) is 107 Å². The standard InChI is InChI=1S/C40H47N3O4/c1-3-5-7-8-9-13-26-42-27-14-15-32-29-31(20-25-37(32)42)35(30-18-21-34(22-19-30)47-28-6-4-2)23-24-36-38(40(45)46)41-43(39(36)44)33-16-11-10-12-17-33/h10-12,16-25,29H,3-9,13-15,26-28H2,1-2H3,(H,45,46)/b35-23+,36-24-. The number of amides is 1. The largest absolute Gasteiger partial charge is 0.494 e. The molecule has 0 aromatic heterocycles. The molecule has 246 valence electrons. The van der Waals surface area contributed by atoms with Gasteiger partial charge in [0.15, 0.2) is 5.71 Å². The number of para-hydroxylation sites is 1. The van der Waals surface area contributed by atoms with Crippen LogP contribution in [0.1, 0.15) is 88.3 Å². The Morgan fingerprint density at radius 1 is 0.894 bits per heavy atom. The van der Waals surface area contributed by atoms with Crippen molar-refractivity contribution in [1.29, 1.82) is 0 Å². The summed E-state index contributed by atoms with van der Waals surface area (Å²) < 4.78 is 5.91. The second kappa shape index (κ2) is 16.8. The van der Waals surface area contributed by atoms with Gasteiger partial charge in [-0.3, -0.25) is 4.79 Å². The van der Waals surface area contributed by atoms with Crippen LogP contribution >= 0.6 is 0 Å². The van der Waals surface area contributed by atoms with E-state index in [4.69, 9.17) is 4.74 Å². The van der Waals surface area contributed by atoms with Gasteiger partial charge in [0.1, 0.15) is 5.75 Å². The van der Waals surface area contributed by atoms with Gasteiger partial charge in [-0.25, -0.2) is 4.79 Å². The van der Waals surface area contributed by atoms with Crippen molar-refractivity contribution >= 4 is 34.5 Å². The molecule has 47 heavy (non-hydrogen) atoms. The highest BCUT2D eigenvalue weighted by molar-refractivity contribution is 6.52. The number of fused-ring (bicyclic) bond motifs is 1. The van der Waals surface area contributed by atoms with Crippen LogP contribution in [-0.4, -0.2) is 42.4 Å². The summed E-state index contributed by atoms with van der Waals surface area (Å²) in [7, 11) is 0. The molecular formula is C40H47N3O4. The van der Waals surface area contributed by atoms with Gasteiger partial charge in [-0.05, 0) is 90.4 Å². The Bertz CT molecular complexity index is 1610. The second-order valence-corrected chi connectivity index (χ2v) is 12.3. The molecule has 0 spiro atoms. The fraction of sp³-hybridized carbons (Fsp3) is 0.375. The van der Waals surface area contributed by atoms with Crippen LogP contribution in [0.5, 0.6) is 5.75 Å². The summed E-state index contributed by atoms with van der Waals surface area (Å²) in [5.41, 5.74) is 5.76. The zero-order chi connectivity index (χ0) is 33.0. The molecule has 5 rings (SSSR count). The number of ether oxygens (including phenoxy) is 1. The van der Waals surface area contributed by atoms with Crippen LogP contribution in [0.2, 0.25) is 0 Å². The normalized spacial score (nSPS) is 15.6. The molecule has 0 bridgehead atoms. The van der Waals surface area contributed by atoms with Crippen molar-refractivity contribution in [3.8, 4) is 5.75 Å². The Labute approximate surface area is 279 Å². The minimum atomic E-state index is -1.24. The van der Waals surface area contributed by atoms with Gasteiger partial charge in [0.25, 0.3) is 5.91 Å². The molecule has 2 heterocycles. The number of carbonyl (C=O) groups is 2. The third-order valence-electron chi connectivity index (χ3n) is 8.82. The van der Waals surface area contributed by atoms with Crippen molar-refractivity contribution in [1.82, 2.24) is 0 Å². The Morgan fingerprint density at radius 3 is 2.36 bits per heavy atom. The monoisotopic (exact) mass is 633 g/mol. The van der Waals surface area contributed by atoms with E-state index >= 15 is 0 Å². The van der Waals surface area contributed by atoms with Gasteiger partial charge >= 0.3 is 5.97 Å². The number of unbranched alkanes of at least 4 members (excludes halogenated alkanes) is 6. The Hall–Kier alpha value is -4.65. The molecular weight excluding hydrogens is 586 g/mol. The van der Waals surface area contributed by atoms with Gasteiger partial charge in [0.05, 0.1) is 17.9 Å². The SMILES string of the molecule is CCCCCCCCN1CCCc2cc(/C(=C/C=C3\C(=O)N(c4ccccc4)N=C3C(=O)O)c3ccc(OCCCC)cc3)ccc21. The zero-order valence-corrected chi connectivity index (χ0v) is 27.8. The van der Waals surface area contributed by atoms with Gasteiger partial charge in [-0.1, -0.05) is 94.8 Å². The Balaban J connectivity index is 1.46. The quantitative estimate of drug-likeness (QED) is 0.126. The number of carbonyl (C=O) groups excluding carboxylic acids is 1. The lowest BCUT2D eigenvalue weighted by Crippen LogP contribution is -2.30. The molecule has 0 unspecified atom stereocenters. The summed E-state index contributed by atoms with van der Waals surface area (Å²) in [5.74, 6) is -0.911. The van der Waals surface area contributed by atoms with Crippen LogP contribution in [0.4, 0.5) is 11.4 Å². The maximum absolute atomic E-state index is 13.5. The van der Waals surface area contributed by atoms with Crippen LogP contribution in [0, 0.1) is 0 Å². The minimum Gasteiger partial charge on any atom is -0.494 e. The van der Waals surface area contributed by atoms with E-state index in [2.05, 4.69) is 42.0 Å². The maximum Gasteiger partial charge on any atom is 0.357 e. The summed E-state index contributed by atoms with van der Waals surface area (Å²) >= 11 is 0. The summed E-state index contributed by atoms with van der Waals surface area (Å²) in [5, 5.41) is 15.3. The summed E-state index contributed by atoms with van der Waals surface area (Å²) in [4.78, 5) is 28.2. The topological polar surface area (TPSA) is 82.4 Å². The molecule has 2 aliphatic rings. The number of rotatable bonds is 16. The number of hydrogen-bond donors (Lipinski definition) is 1. The molecule has 3 aromatic carbocycles. The van der Waals surface area contributed by atoms with Crippen molar-refractivity contribution in [2.75, 3.05) is 29.6 Å². The first-order chi connectivity index (χ1) is 23.0. The van der Waals surface area contributed by atoms with Crippen LogP contribution in [-0.2, 0) is 16.0 Å². The van der Waals surface area contributed by atoms with Crippen LogP contribution in [0.15, 0.2) is 95.6 Å². The molecule has 0 atom stereocenters. The number of hydrazone groups is 1. The first kappa shape index (κ1) is 33.7. The predicted octanol–water partition coefficient (Wildman–Crippen LogP) is 8.82. The molecule has 0 saturated heterocycles. The Kier molecular flexibility index (Phi) is 12.0. The van der Waals surface area contributed by atoms with Crippen molar-refractivity contribution < 1.29 is 19.4 Å². The van der Waals surface area contributed by atoms with Gasteiger partial charge in [0.2, 0.25) is 0 Å². The van der Waals surface area contributed by atoms with Crippen molar-refractivity contribution in [2.45, 2.75) is 78.1 Å². The van der Waals surface area contributed by atoms with Gasteiger partial charge < -0.3 is 14.7 Å². The third-order valence-corrected chi connectivity index (χ3v) is 8.82. The molecule has 0 saturated carbocycles. The number of nitrogens with zero attached hydrogens (tertiary/aromatic N) is 3. The summed E-state index contributed by atoms with van der Waals surface area (Å²) in [6, 6.07) is 23.5. The third kappa shape index (κ3) is 8.59. The molecule has 7 nitrogen and oxygen atoms in total. The lowest BCUT2D eigenvalue weighted by atomic mass is 9.92. The number of aryl methyl sites for hydroxylation is 1. The van der Waals surface area contributed by atoms with E-state index in [9.17, 15) is 14.7 Å². The molecule has 7 heteroatoms. The van der Waals surface area contributed by atoms with E-state index in [0.29, 0.717) is 12.3 Å². The number of hydrogen-bond acceptors (Lipinski definition) is 5. The highest BCUT2D eigenvalue weighted by Crippen LogP contribution is 2.34. The first-order valence-electron chi connectivity index (χ1n) is 17.3. The minimum absolute atomic E-state index is 0.0430. The average molecular weight is 634 g/mol. The van der Waals surface area contributed by atoms with Gasteiger partial charge in [-0.2, -0.15) is 10.1 Å². The highest BCUT2D eigenvalue weighted by atomic mass is 16.5. The van der Waals surface area contributed by atoms with E-state index in [-0.39, 0.29) is 11.3 Å². The van der Waals surface area contributed by atoms with Crippen LogP contribution < -0.4 is 14.6 Å². The van der Waals surface area contributed by atoms with E-state index in [1.807, 2.05) is 36.4 Å². The molecule has 0 radical (unpaired) electrons. The van der Waals surface area contributed by atoms with E-state index in [0.717, 1.165) is 66.2 Å². The van der Waals surface area contributed by atoms with E-state index < -0.39 is 11.9 Å². The van der Waals surface area contributed by atoms with Gasteiger partial charge in [-0.15, -0.1) is 0 Å². The van der Waals surface area contributed by atoms with Crippen molar-refractivity contribution in [3.63, 3.8) is 0 Å². The number of aliphatic carboxylic acids is 1. The number of benzene rings is 3. The van der Waals surface area contributed by atoms with E-state index in [1.165, 1.54) is 49.8 Å². The fourth-order valence-electron chi connectivity index (χ4n) is 6.22. The smallest absolute Gasteiger partial charge is 0.357 e. The molecule has 3 aromatic rings. The lowest BCUT2D eigenvalue weighted by molar-refractivity contribution is -0.129. The van der Waals surface area contributed by atoms with Crippen LogP contribution in [0.25, 0.3) is 5.57 Å². The molecule has 1 amide bonds.